The largest absolute Gasteiger partial charge is 0.416 e. The summed E-state index contributed by atoms with van der Waals surface area (Å²) in [7, 11) is 0. The Hall–Kier alpha value is -1.40. The maximum absolute atomic E-state index is 12.9. The number of nitrogens with two attached hydrogens (primary N) is 1. The number of hydrogen-bond acceptors (Lipinski definition) is 3. The Morgan fingerprint density at radius 2 is 1.95 bits per heavy atom. The highest BCUT2D eigenvalue weighted by Crippen LogP contribution is 2.33. The van der Waals surface area contributed by atoms with Crippen molar-refractivity contribution in [3.8, 4) is 0 Å². The van der Waals surface area contributed by atoms with Crippen LogP contribution in [0.5, 0.6) is 0 Å². The first-order valence-corrected chi connectivity index (χ1v) is 6.54. The molecule has 2 nitrogen and oxygen atoms in total. The molecule has 0 bridgehead atoms. The first-order chi connectivity index (χ1) is 8.91. The molecule has 0 saturated heterocycles. The highest BCUT2D eigenvalue weighted by Gasteiger charge is 2.33. The monoisotopic (exact) mass is 286 g/mol. The molecular weight excluding hydrogens is 273 g/mol. The number of halogens is 3. The molecule has 0 fully saturated rings. The number of thiazole rings is 1. The van der Waals surface area contributed by atoms with E-state index in [1.807, 2.05) is 0 Å². The zero-order valence-electron chi connectivity index (χ0n) is 10.3. The van der Waals surface area contributed by atoms with Crippen molar-refractivity contribution in [1.29, 1.82) is 0 Å². The predicted molar refractivity (Wildman–Crippen MR) is 69.0 cm³/mol. The summed E-state index contributed by atoms with van der Waals surface area (Å²) in [5.74, 6) is 0. The minimum atomic E-state index is -4.33. The number of hydrogen-bond donors (Lipinski definition) is 1. The third kappa shape index (κ3) is 3.13. The molecule has 2 rings (SSSR count). The van der Waals surface area contributed by atoms with Gasteiger partial charge in [-0.1, -0.05) is 18.2 Å². The van der Waals surface area contributed by atoms with Crippen molar-refractivity contribution in [1.82, 2.24) is 4.98 Å². The van der Waals surface area contributed by atoms with Crippen LogP contribution in [0, 0.1) is 6.92 Å². The summed E-state index contributed by atoms with van der Waals surface area (Å²) in [5.41, 5.74) is 5.93. The Bertz CT molecular complexity index is 576. The van der Waals surface area contributed by atoms with Crippen molar-refractivity contribution in [2.45, 2.75) is 26.1 Å². The molecule has 1 aromatic heterocycles. The van der Waals surface area contributed by atoms with Gasteiger partial charge in [0.15, 0.2) is 0 Å². The van der Waals surface area contributed by atoms with E-state index in [2.05, 4.69) is 4.98 Å². The molecule has 0 radical (unpaired) electrons. The van der Waals surface area contributed by atoms with Crippen LogP contribution >= 0.6 is 11.3 Å². The number of nitrogens with zero attached hydrogens (tertiary/aromatic N) is 1. The molecule has 19 heavy (non-hydrogen) atoms. The van der Waals surface area contributed by atoms with E-state index in [-0.39, 0.29) is 12.0 Å². The number of alkyl halides is 3. The van der Waals surface area contributed by atoms with E-state index in [9.17, 15) is 13.2 Å². The van der Waals surface area contributed by atoms with Crippen molar-refractivity contribution < 1.29 is 13.2 Å². The summed E-state index contributed by atoms with van der Waals surface area (Å²) in [5, 5.41) is 0.747. The Kier molecular flexibility index (Phi) is 3.91. The van der Waals surface area contributed by atoms with E-state index in [0.29, 0.717) is 6.54 Å². The lowest BCUT2D eigenvalue weighted by Crippen LogP contribution is -2.09. The first kappa shape index (κ1) is 14.0. The van der Waals surface area contributed by atoms with Gasteiger partial charge in [-0.2, -0.15) is 13.2 Å². The van der Waals surface area contributed by atoms with Gasteiger partial charge in [0.2, 0.25) is 0 Å². The maximum Gasteiger partial charge on any atom is 0.416 e. The van der Waals surface area contributed by atoms with Crippen LogP contribution in [0.15, 0.2) is 24.3 Å². The Balaban J connectivity index is 2.35. The van der Waals surface area contributed by atoms with Crippen LogP contribution in [0.3, 0.4) is 0 Å². The highest BCUT2D eigenvalue weighted by molar-refractivity contribution is 7.11. The van der Waals surface area contributed by atoms with Crippen molar-refractivity contribution in [2.75, 3.05) is 0 Å². The van der Waals surface area contributed by atoms with Gasteiger partial charge in [0.25, 0.3) is 0 Å². The second kappa shape index (κ2) is 5.30. The molecule has 1 heterocycles. The maximum atomic E-state index is 12.9. The molecule has 2 N–H and O–H groups in total. The number of rotatable bonds is 3. The van der Waals surface area contributed by atoms with Crippen molar-refractivity contribution in [2.24, 2.45) is 5.73 Å². The van der Waals surface area contributed by atoms with Crippen LogP contribution in [-0.4, -0.2) is 4.98 Å². The van der Waals surface area contributed by atoms with Gasteiger partial charge in [-0.25, -0.2) is 4.98 Å². The molecule has 0 unspecified atom stereocenters. The average Bonchev–Trinajstić information content (AvgIpc) is 2.70. The standard InChI is InChI=1S/C13H13F3N2S/c1-8-11(19-12(7-17)18-8)6-9-4-2-3-5-10(9)13(14,15)16/h2-5H,6-7,17H2,1H3. The fourth-order valence-electron chi connectivity index (χ4n) is 1.86. The third-order valence-corrected chi connectivity index (χ3v) is 3.97. The smallest absolute Gasteiger partial charge is 0.325 e. The number of benzene rings is 1. The Morgan fingerprint density at radius 1 is 1.26 bits per heavy atom. The molecule has 0 saturated carbocycles. The average molecular weight is 286 g/mol. The van der Waals surface area contributed by atoms with Gasteiger partial charge in [0.05, 0.1) is 11.3 Å². The van der Waals surface area contributed by atoms with Crippen molar-refractivity contribution in [3.05, 3.63) is 51.0 Å². The van der Waals surface area contributed by atoms with Gasteiger partial charge in [-0.15, -0.1) is 11.3 Å². The fourth-order valence-corrected chi connectivity index (χ4v) is 2.83. The van der Waals surface area contributed by atoms with Gasteiger partial charge < -0.3 is 5.73 Å². The molecule has 102 valence electrons. The fraction of sp³-hybridized carbons (Fsp3) is 0.308. The van der Waals surface area contributed by atoms with Gasteiger partial charge in [-0.05, 0) is 18.6 Å². The minimum absolute atomic E-state index is 0.235. The van der Waals surface area contributed by atoms with Gasteiger partial charge in [0.1, 0.15) is 5.01 Å². The molecule has 1 aromatic carbocycles. The normalized spacial score (nSPS) is 11.8. The predicted octanol–water partition coefficient (Wildman–Crippen LogP) is 3.52. The van der Waals surface area contributed by atoms with E-state index in [1.165, 1.54) is 23.5 Å². The van der Waals surface area contributed by atoms with Gasteiger partial charge in [-0.3, -0.25) is 0 Å². The van der Waals surface area contributed by atoms with Crippen LogP contribution in [0.25, 0.3) is 0 Å². The van der Waals surface area contributed by atoms with E-state index in [1.54, 1.807) is 13.0 Å². The van der Waals surface area contributed by atoms with E-state index >= 15 is 0 Å². The lowest BCUT2D eigenvalue weighted by Gasteiger charge is -2.11. The Morgan fingerprint density at radius 3 is 2.53 bits per heavy atom. The van der Waals surface area contributed by atoms with Crippen LogP contribution < -0.4 is 5.73 Å². The lowest BCUT2D eigenvalue weighted by molar-refractivity contribution is -0.138. The molecule has 0 aliphatic carbocycles. The molecular formula is C13H13F3N2S. The van der Waals surface area contributed by atoms with E-state index in [4.69, 9.17) is 5.73 Å². The molecule has 0 aliphatic heterocycles. The summed E-state index contributed by atoms with van der Waals surface area (Å²) in [6.45, 7) is 2.10. The van der Waals surface area contributed by atoms with Crippen LogP contribution in [-0.2, 0) is 19.1 Å². The van der Waals surface area contributed by atoms with E-state index in [0.717, 1.165) is 21.6 Å². The zero-order valence-corrected chi connectivity index (χ0v) is 11.1. The highest BCUT2D eigenvalue weighted by atomic mass is 32.1. The topological polar surface area (TPSA) is 38.9 Å². The molecule has 0 atom stereocenters. The second-order valence-electron chi connectivity index (χ2n) is 4.15. The number of aryl methyl sites for hydroxylation is 1. The number of aromatic nitrogens is 1. The summed E-state index contributed by atoms with van der Waals surface area (Å²) < 4.78 is 38.7. The molecule has 0 amide bonds. The second-order valence-corrected chi connectivity index (χ2v) is 5.32. The van der Waals surface area contributed by atoms with Crippen LogP contribution in [0.1, 0.15) is 26.7 Å². The zero-order chi connectivity index (χ0) is 14.0. The van der Waals surface area contributed by atoms with Crippen molar-refractivity contribution in [3.63, 3.8) is 0 Å². The van der Waals surface area contributed by atoms with Gasteiger partial charge in [0, 0.05) is 17.8 Å². The van der Waals surface area contributed by atoms with E-state index < -0.39 is 11.7 Å². The SMILES string of the molecule is Cc1nc(CN)sc1Cc1ccccc1C(F)(F)F. The minimum Gasteiger partial charge on any atom is -0.325 e. The summed E-state index contributed by atoms with van der Waals surface area (Å²) in [6, 6.07) is 5.63. The lowest BCUT2D eigenvalue weighted by atomic mass is 10.0. The summed E-state index contributed by atoms with van der Waals surface area (Å²) in [4.78, 5) is 5.06. The Labute approximate surface area is 113 Å². The van der Waals surface area contributed by atoms with Crippen molar-refractivity contribution >= 4 is 11.3 Å². The quantitative estimate of drug-likeness (QED) is 0.937. The molecule has 2 aromatic rings. The first-order valence-electron chi connectivity index (χ1n) is 5.72. The van der Waals surface area contributed by atoms with Crippen LogP contribution in [0.4, 0.5) is 13.2 Å². The molecule has 0 spiro atoms. The van der Waals surface area contributed by atoms with Crippen LogP contribution in [0.2, 0.25) is 0 Å². The molecule has 0 aliphatic rings. The summed E-state index contributed by atoms with van der Waals surface area (Å²) in [6.07, 6.45) is -4.09. The third-order valence-electron chi connectivity index (χ3n) is 2.79. The summed E-state index contributed by atoms with van der Waals surface area (Å²) >= 11 is 1.37. The molecule has 6 heteroatoms. The van der Waals surface area contributed by atoms with Gasteiger partial charge >= 0.3 is 6.18 Å².